The molecule has 0 spiro atoms. The van der Waals surface area contributed by atoms with Crippen LogP contribution in [0.3, 0.4) is 0 Å². The molecule has 1 saturated heterocycles. The van der Waals surface area contributed by atoms with Crippen molar-refractivity contribution in [2.75, 3.05) is 13.1 Å². The maximum Gasteiger partial charge on any atom is 0.225 e. The van der Waals surface area contributed by atoms with Crippen LogP contribution in [0.4, 0.5) is 0 Å². The minimum atomic E-state index is 0.239. The molecule has 0 aromatic carbocycles. The summed E-state index contributed by atoms with van der Waals surface area (Å²) in [5.74, 6) is 1.73. The summed E-state index contributed by atoms with van der Waals surface area (Å²) in [5.41, 5.74) is 0. The minimum absolute atomic E-state index is 0.239. The van der Waals surface area contributed by atoms with E-state index >= 15 is 0 Å². The van der Waals surface area contributed by atoms with Gasteiger partial charge in [-0.05, 0) is 31.1 Å². The van der Waals surface area contributed by atoms with E-state index in [1.165, 1.54) is 12.8 Å². The van der Waals surface area contributed by atoms with Crippen LogP contribution in [0.1, 0.15) is 47.0 Å². The van der Waals surface area contributed by atoms with E-state index in [0.29, 0.717) is 17.7 Å². The van der Waals surface area contributed by atoms with Crippen molar-refractivity contribution in [3.8, 4) is 0 Å². The molecule has 1 rings (SSSR count). The van der Waals surface area contributed by atoms with Crippen LogP contribution in [-0.4, -0.2) is 23.9 Å². The van der Waals surface area contributed by atoms with Crippen molar-refractivity contribution < 1.29 is 4.79 Å². The third-order valence-corrected chi connectivity index (χ3v) is 3.27. The van der Waals surface area contributed by atoms with Gasteiger partial charge in [0.1, 0.15) is 0 Å². The van der Waals surface area contributed by atoms with Crippen molar-refractivity contribution in [3.05, 3.63) is 0 Å². The van der Waals surface area contributed by atoms with Crippen LogP contribution in [0.2, 0.25) is 0 Å². The summed E-state index contributed by atoms with van der Waals surface area (Å²) in [6, 6.07) is 0. The van der Waals surface area contributed by atoms with Gasteiger partial charge in [-0.1, -0.05) is 27.7 Å². The standard InChI is InChI=1S/C13H25NO/c1-10(2)9-12(11(3)4)13(15)14-7-5-6-8-14/h10-12H,5-9H2,1-4H3. The Kier molecular flexibility index (Phi) is 4.62. The summed E-state index contributed by atoms with van der Waals surface area (Å²) in [6.45, 7) is 10.7. The Labute approximate surface area is 94.0 Å². The highest BCUT2D eigenvalue weighted by molar-refractivity contribution is 5.79. The van der Waals surface area contributed by atoms with E-state index in [1.807, 2.05) is 0 Å². The van der Waals surface area contributed by atoms with Gasteiger partial charge < -0.3 is 4.90 Å². The highest BCUT2D eigenvalue weighted by Crippen LogP contribution is 2.24. The molecule has 0 N–H and O–H groups in total. The first-order valence-corrected chi connectivity index (χ1v) is 6.31. The lowest BCUT2D eigenvalue weighted by molar-refractivity contribution is -0.136. The fourth-order valence-corrected chi connectivity index (χ4v) is 2.34. The van der Waals surface area contributed by atoms with E-state index in [2.05, 4.69) is 32.6 Å². The molecule has 1 aliphatic rings. The number of rotatable bonds is 4. The normalized spacial score (nSPS) is 18.9. The Morgan fingerprint density at radius 1 is 1.13 bits per heavy atom. The SMILES string of the molecule is CC(C)CC(C(=O)N1CCCC1)C(C)C. The fraction of sp³-hybridized carbons (Fsp3) is 0.923. The van der Waals surface area contributed by atoms with E-state index in [-0.39, 0.29) is 5.92 Å². The molecule has 1 atom stereocenters. The first-order valence-electron chi connectivity index (χ1n) is 6.31. The molecule has 0 aliphatic carbocycles. The first-order chi connectivity index (χ1) is 7.02. The molecule has 1 heterocycles. The van der Waals surface area contributed by atoms with Crippen molar-refractivity contribution >= 4 is 5.91 Å². The molecule has 0 radical (unpaired) electrons. The number of hydrogen-bond donors (Lipinski definition) is 0. The lowest BCUT2D eigenvalue weighted by Crippen LogP contribution is -2.36. The number of amides is 1. The molecule has 1 amide bonds. The topological polar surface area (TPSA) is 20.3 Å². The molecule has 1 fully saturated rings. The number of likely N-dealkylation sites (tertiary alicyclic amines) is 1. The fourth-order valence-electron chi connectivity index (χ4n) is 2.34. The lowest BCUT2D eigenvalue weighted by Gasteiger charge is -2.27. The van der Waals surface area contributed by atoms with Gasteiger partial charge in [0.25, 0.3) is 0 Å². The van der Waals surface area contributed by atoms with Crippen LogP contribution in [0.15, 0.2) is 0 Å². The Morgan fingerprint density at radius 2 is 1.67 bits per heavy atom. The third kappa shape index (κ3) is 3.51. The molecule has 1 aliphatic heterocycles. The zero-order valence-corrected chi connectivity index (χ0v) is 10.6. The largest absolute Gasteiger partial charge is 0.342 e. The highest BCUT2D eigenvalue weighted by atomic mass is 16.2. The predicted octanol–water partition coefficient (Wildman–Crippen LogP) is 2.93. The van der Waals surface area contributed by atoms with Crippen molar-refractivity contribution in [2.24, 2.45) is 17.8 Å². The van der Waals surface area contributed by atoms with Gasteiger partial charge in [0.15, 0.2) is 0 Å². The van der Waals surface area contributed by atoms with Crippen molar-refractivity contribution in [1.82, 2.24) is 4.90 Å². The Bertz CT molecular complexity index is 205. The minimum Gasteiger partial charge on any atom is -0.342 e. The quantitative estimate of drug-likeness (QED) is 0.700. The second-order valence-corrected chi connectivity index (χ2v) is 5.51. The highest BCUT2D eigenvalue weighted by Gasteiger charge is 2.28. The van der Waals surface area contributed by atoms with Gasteiger partial charge in [-0.3, -0.25) is 4.79 Å². The van der Waals surface area contributed by atoms with Gasteiger partial charge in [0.2, 0.25) is 5.91 Å². The molecule has 0 aromatic heterocycles. The van der Waals surface area contributed by atoms with E-state index < -0.39 is 0 Å². The molecule has 0 saturated carbocycles. The van der Waals surface area contributed by atoms with Gasteiger partial charge in [0.05, 0.1) is 0 Å². The van der Waals surface area contributed by atoms with Crippen molar-refractivity contribution in [2.45, 2.75) is 47.0 Å². The Hall–Kier alpha value is -0.530. The molecule has 0 aromatic rings. The summed E-state index contributed by atoms with van der Waals surface area (Å²) in [4.78, 5) is 14.3. The van der Waals surface area contributed by atoms with E-state index in [1.54, 1.807) is 0 Å². The van der Waals surface area contributed by atoms with Crippen LogP contribution in [0.5, 0.6) is 0 Å². The average Bonchev–Trinajstić information content (AvgIpc) is 2.65. The van der Waals surface area contributed by atoms with Crippen LogP contribution in [-0.2, 0) is 4.79 Å². The first kappa shape index (κ1) is 12.5. The van der Waals surface area contributed by atoms with Gasteiger partial charge in [0, 0.05) is 19.0 Å². The van der Waals surface area contributed by atoms with Crippen LogP contribution < -0.4 is 0 Å². The molecule has 2 heteroatoms. The summed E-state index contributed by atoms with van der Waals surface area (Å²) >= 11 is 0. The Morgan fingerprint density at radius 3 is 2.07 bits per heavy atom. The summed E-state index contributed by atoms with van der Waals surface area (Å²) in [7, 11) is 0. The summed E-state index contributed by atoms with van der Waals surface area (Å²) < 4.78 is 0. The predicted molar refractivity (Wildman–Crippen MR) is 63.6 cm³/mol. The van der Waals surface area contributed by atoms with Crippen LogP contribution in [0.25, 0.3) is 0 Å². The summed E-state index contributed by atoms with van der Waals surface area (Å²) in [6.07, 6.45) is 3.42. The van der Waals surface area contributed by atoms with Crippen LogP contribution in [0, 0.1) is 17.8 Å². The molecule has 0 bridgehead atoms. The van der Waals surface area contributed by atoms with Crippen LogP contribution >= 0.6 is 0 Å². The molecular weight excluding hydrogens is 186 g/mol. The van der Waals surface area contributed by atoms with Crippen molar-refractivity contribution in [1.29, 1.82) is 0 Å². The molecule has 2 nitrogen and oxygen atoms in total. The van der Waals surface area contributed by atoms with Crippen molar-refractivity contribution in [3.63, 3.8) is 0 Å². The van der Waals surface area contributed by atoms with E-state index in [9.17, 15) is 4.79 Å². The monoisotopic (exact) mass is 211 g/mol. The average molecular weight is 211 g/mol. The number of hydrogen-bond acceptors (Lipinski definition) is 1. The smallest absolute Gasteiger partial charge is 0.225 e. The van der Waals surface area contributed by atoms with Gasteiger partial charge in [-0.2, -0.15) is 0 Å². The maximum atomic E-state index is 12.2. The number of carbonyl (C=O) groups excluding carboxylic acids is 1. The maximum absolute atomic E-state index is 12.2. The van der Waals surface area contributed by atoms with Gasteiger partial charge in [-0.25, -0.2) is 0 Å². The van der Waals surface area contributed by atoms with Gasteiger partial charge >= 0.3 is 0 Å². The number of nitrogens with zero attached hydrogens (tertiary/aromatic N) is 1. The lowest BCUT2D eigenvalue weighted by atomic mass is 9.86. The Balaban J connectivity index is 2.57. The number of carbonyl (C=O) groups is 1. The van der Waals surface area contributed by atoms with E-state index in [0.717, 1.165) is 19.5 Å². The molecule has 88 valence electrons. The van der Waals surface area contributed by atoms with Gasteiger partial charge in [-0.15, -0.1) is 0 Å². The second kappa shape index (κ2) is 5.53. The molecule has 1 unspecified atom stereocenters. The van der Waals surface area contributed by atoms with E-state index in [4.69, 9.17) is 0 Å². The zero-order chi connectivity index (χ0) is 11.4. The second-order valence-electron chi connectivity index (χ2n) is 5.51. The molecule has 15 heavy (non-hydrogen) atoms. The summed E-state index contributed by atoms with van der Waals surface area (Å²) in [5, 5.41) is 0. The molecular formula is C13H25NO. The third-order valence-electron chi connectivity index (χ3n) is 3.27. The zero-order valence-electron chi connectivity index (χ0n) is 10.6.